The molecule has 7 heteroatoms. The van der Waals surface area contributed by atoms with E-state index in [1.807, 2.05) is 26.0 Å². The molecule has 7 nitrogen and oxygen atoms in total. The van der Waals surface area contributed by atoms with Crippen molar-refractivity contribution in [3.05, 3.63) is 46.2 Å². The summed E-state index contributed by atoms with van der Waals surface area (Å²) in [6, 6.07) is 5.23. The Balaban J connectivity index is 1.99. The number of likely N-dealkylation sites (N-methyl/N-ethyl adjacent to an activating group) is 1. The van der Waals surface area contributed by atoms with Gasteiger partial charge in [-0.15, -0.1) is 0 Å². The monoisotopic (exact) mass is 386 g/mol. The number of nitrogens with zero attached hydrogens (tertiary/aromatic N) is 2. The zero-order chi connectivity index (χ0) is 20.3. The molecule has 0 saturated carbocycles. The van der Waals surface area contributed by atoms with Gasteiger partial charge in [-0.1, -0.05) is 23.8 Å². The van der Waals surface area contributed by atoms with Gasteiger partial charge in [0, 0.05) is 38.4 Å². The number of nitrogens with one attached hydrogen (secondary N) is 2. The SMILES string of the molecule is CCOC(=O)C1=C(CN2CCN(C)CC2)NC(=O)N[C@H]1c1ccc(C)cc1C. The van der Waals surface area contributed by atoms with Crippen LogP contribution in [0.1, 0.15) is 29.7 Å². The lowest BCUT2D eigenvalue weighted by Gasteiger charge is -2.36. The van der Waals surface area contributed by atoms with Crippen molar-refractivity contribution in [1.82, 2.24) is 20.4 Å². The van der Waals surface area contributed by atoms with E-state index in [2.05, 4.69) is 33.5 Å². The van der Waals surface area contributed by atoms with Gasteiger partial charge >= 0.3 is 12.0 Å². The molecule has 152 valence electrons. The van der Waals surface area contributed by atoms with E-state index in [0.717, 1.165) is 42.9 Å². The molecule has 2 heterocycles. The first-order chi connectivity index (χ1) is 13.4. The van der Waals surface area contributed by atoms with Crippen LogP contribution < -0.4 is 10.6 Å². The van der Waals surface area contributed by atoms with Gasteiger partial charge in [0.05, 0.1) is 18.2 Å². The number of amides is 2. The molecule has 1 saturated heterocycles. The summed E-state index contributed by atoms with van der Waals surface area (Å²) in [4.78, 5) is 29.8. The molecule has 1 aromatic carbocycles. The van der Waals surface area contributed by atoms with E-state index in [1.165, 1.54) is 0 Å². The van der Waals surface area contributed by atoms with Gasteiger partial charge in [0.2, 0.25) is 0 Å². The van der Waals surface area contributed by atoms with E-state index in [9.17, 15) is 9.59 Å². The molecule has 2 aliphatic heterocycles. The Bertz CT molecular complexity index is 782. The van der Waals surface area contributed by atoms with E-state index in [0.29, 0.717) is 17.8 Å². The number of ether oxygens (including phenoxy) is 1. The quantitative estimate of drug-likeness (QED) is 0.754. The lowest BCUT2D eigenvalue weighted by Crippen LogP contribution is -2.51. The largest absolute Gasteiger partial charge is 0.463 e. The molecular weight excluding hydrogens is 356 g/mol. The topological polar surface area (TPSA) is 73.9 Å². The second-order valence-corrected chi connectivity index (χ2v) is 7.58. The van der Waals surface area contributed by atoms with E-state index < -0.39 is 6.04 Å². The Morgan fingerprint density at radius 3 is 2.57 bits per heavy atom. The highest BCUT2D eigenvalue weighted by atomic mass is 16.5. The Morgan fingerprint density at radius 1 is 1.21 bits per heavy atom. The third-order valence-corrected chi connectivity index (χ3v) is 5.36. The number of piperazine rings is 1. The van der Waals surface area contributed by atoms with Crippen molar-refractivity contribution in [2.45, 2.75) is 26.8 Å². The number of carbonyl (C=O) groups excluding carboxylic acids is 2. The number of aryl methyl sites for hydroxylation is 2. The van der Waals surface area contributed by atoms with Gasteiger partial charge in [-0.3, -0.25) is 4.90 Å². The zero-order valence-electron chi connectivity index (χ0n) is 17.2. The van der Waals surface area contributed by atoms with Crippen LogP contribution in [0, 0.1) is 13.8 Å². The highest BCUT2D eigenvalue weighted by Gasteiger charge is 2.35. The first-order valence-electron chi connectivity index (χ1n) is 9.84. The number of rotatable bonds is 5. The van der Waals surface area contributed by atoms with Gasteiger partial charge in [0.15, 0.2) is 0 Å². The minimum atomic E-state index is -0.518. The van der Waals surface area contributed by atoms with Crippen molar-refractivity contribution in [2.75, 3.05) is 46.4 Å². The van der Waals surface area contributed by atoms with E-state index in [1.54, 1.807) is 6.92 Å². The lowest BCUT2D eigenvalue weighted by molar-refractivity contribution is -0.139. The van der Waals surface area contributed by atoms with Gasteiger partial charge in [-0.25, -0.2) is 9.59 Å². The van der Waals surface area contributed by atoms with Crippen molar-refractivity contribution in [3.8, 4) is 0 Å². The fourth-order valence-electron chi connectivity index (χ4n) is 3.80. The van der Waals surface area contributed by atoms with Crippen molar-refractivity contribution in [1.29, 1.82) is 0 Å². The van der Waals surface area contributed by atoms with Crippen molar-refractivity contribution in [2.24, 2.45) is 0 Å². The van der Waals surface area contributed by atoms with Gasteiger partial charge < -0.3 is 20.3 Å². The van der Waals surface area contributed by atoms with Crippen LogP contribution in [0.5, 0.6) is 0 Å². The summed E-state index contributed by atoms with van der Waals surface area (Å²) in [5.74, 6) is -0.385. The summed E-state index contributed by atoms with van der Waals surface area (Å²) in [6.07, 6.45) is 0. The summed E-state index contributed by atoms with van der Waals surface area (Å²) in [5, 5.41) is 5.79. The molecule has 0 aliphatic carbocycles. The van der Waals surface area contributed by atoms with Crippen LogP contribution in [-0.2, 0) is 9.53 Å². The second kappa shape index (κ2) is 8.75. The summed E-state index contributed by atoms with van der Waals surface area (Å²) in [6.45, 7) is 10.4. The first-order valence-corrected chi connectivity index (χ1v) is 9.84. The maximum Gasteiger partial charge on any atom is 0.338 e. The van der Waals surface area contributed by atoms with Crippen LogP contribution in [0.2, 0.25) is 0 Å². The molecule has 2 amide bonds. The maximum atomic E-state index is 12.9. The Kier molecular flexibility index (Phi) is 6.36. The summed E-state index contributed by atoms with van der Waals surface area (Å²) < 4.78 is 5.35. The molecule has 0 aromatic heterocycles. The normalized spacial score (nSPS) is 21.3. The zero-order valence-corrected chi connectivity index (χ0v) is 17.2. The number of hydrogen-bond acceptors (Lipinski definition) is 5. The maximum absolute atomic E-state index is 12.9. The van der Waals surface area contributed by atoms with E-state index in [-0.39, 0.29) is 18.6 Å². The van der Waals surface area contributed by atoms with Crippen molar-refractivity contribution < 1.29 is 14.3 Å². The highest BCUT2D eigenvalue weighted by molar-refractivity contribution is 5.95. The van der Waals surface area contributed by atoms with Crippen LogP contribution in [-0.4, -0.2) is 68.2 Å². The van der Waals surface area contributed by atoms with E-state index in [4.69, 9.17) is 4.74 Å². The average Bonchev–Trinajstić information content (AvgIpc) is 2.63. The average molecular weight is 386 g/mol. The molecular formula is C21H30N4O3. The minimum absolute atomic E-state index is 0.289. The van der Waals surface area contributed by atoms with Gasteiger partial charge in [-0.2, -0.15) is 0 Å². The summed E-state index contributed by atoms with van der Waals surface area (Å²) in [5.41, 5.74) is 4.22. The van der Waals surface area contributed by atoms with Crippen LogP contribution in [0.25, 0.3) is 0 Å². The molecule has 2 N–H and O–H groups in total. The highest BCUT2D eigenvalue weighted by Crippen LogP contribution is 2.30. The smallest absolute Gasteiger partial charge is 0.338 e. The fourth-order valence-corrected chi connectivity index (χ4v) is 3.80. The number of carbonyl (C=O) groups is 2. The van der Waals surface area contributed by atoms with Crippen LogP contribution >= 0.6 is 0 Å². The number of esters is 1. The van der Waals surface area contributed by atoms with Gasteiger partial charge in [0.25, 0.3) is 0 Å². The molecule has 0 unspecified atom stereocenters. The lowest BCUT2D eigenvalue weighted by atomic mass is 9.91. The molecule has 1 aromatic rings. The molecule has 2 aliphatic rings. The molecule has 0 spiro atoms. The number of urea groups is 1. The molecule has 0 radical (unpaired) electrons. The predicted octanol–water partition coefficient (Wildman–Crippen LogP) is 1.72. The molecule has 3 rings (SSSR count). The third kappa shape index (κ3) is 4.54. The Morgan fingerprint density at radius 2 is 1.93 bits per heavy atom. The van der Waals surface area contributed by atoms with Gasteiger partial charge in [0.1, 0.15) is 0 Å². The number of hydrogen-bond donors (Lipinski definition) is 2. The third-order valence-electron chi connectivity index (χ3n) is 5.36. The molecule has 1 fully saturated rings. The van der Waals surface area contributed by atoms with E-state index >= 15 is 0 Å². The Labute approximate surface area is 166 Å². The molecule has 0 bridgehead atoms. The predicted molar refractivity (Wildman–Crippen MR) is 108 cm³/mol. The molecule has 1 atom stereocenters. The Hall–Kier alpha value is -2.38. The second-order valence-electron chi connectivity index (χ2n) is 7.58. The van der Waals surface area contributed by atoms with Gasteiger partial charge in [-0.05, 0) is 38.9 Å². The fraction of sp³-hybridized carbons (Fsp3) is 0.524. The summed E-state index contributed by atoms with van der Waals surface area (Å²) in [7, 11) is 2.10. The van der Waals surface area contributed by atoms with Crippen molar-refractivity contribution in [3.63, 3.8) is 0 Å². The molecule has 28 heavy (non-hydrogen) atoms. The number of benzene rings is 1. The van der Waals surface area contributed by atoms with Crippen LogP contribution in [0.3, 0.4) is 0 Å². The minimum Gasteiger partial charge on any atom is -0.463 e. The summed E-state index contributed by atoms with van der Waals surface area (Å²) >= 11 is 0. The first kappa shape index (κ1) is 20.4. The standard InChI is InChI=1S/C21H30N4O3/c1-5-28-20(26)18-17(13-25-10-8-24(4)9-11-25)22-21(27)23-19(18)16-7-6-14(2)12-15(16)3/h6-7,12,19H,5,8-11,13H2,1-4H3,(H2,22,23,27)/t19-/m0/s1. The van der Waals surface area contributed by atoms with Crippen LogP contribution in [0.4, 0.5) is 4.79 Å². The van der Waals surface area contributed by atoms with Crippen molar-refractivity contribution >= 4 is 12.0 Å². The van der Waals surface area contributed by atoms with Crippen LogP contribution in [0.15, 0.2) is 29.5 Å².